The van der Waals surface area contributed by atoms with Crippen molar-refractivity contribution in [2.45, 2.75) is 5.60 Å². The minimum absolute atomic E-state index is 0.757. The predicted octanol–water partition coefficient (Wildman–Crippen LogP) is 1.96. The summed E-state index contributed by atoms with van der Waals surface area (Å²) < 4.78 is 10.5. The topological polar surface area (TPSA) is 79.2 Å². The summed E-state index contributed by atoms with van der Waals surface area (Å²) in [6.45, 7) is 0. The maximum absolute atomic E-state index is 10.2. The summed E-state index contributed by atoms with van der Waals surface area (Å²) in [5, 5.41) is 28.2. The fourth-order valence-corrected chi connectivity index (χ4v) is 3.01. The van der Waals surface area contributed by atoms with Crippen molar-refractivity contribution < 1.29 is 24.3 Å². The van der Waals surface area contributed by atoms with Crippen LogP contribution in [0.25, 0.3) is 0 Å². The monoisotopic (exact) mass is 348 g/mol. The summed E-state index contributed by atoms with van der Waals surface area (Å²) in [4.78, 5) is 0. The van der Waals surface area contributed by atoms with Crippen LogP contribution >= 0.6 is 0 Å². The van der Waals surface area contributed by atoms with Crippen molar-refractivity contribution in [1.29, 1.82) is 0 Å². The summed E-state index contributed by atoms with van der Waals surface area (Å²) in [5.74, 6) is 0. The predicted molar refractivity (Wildman–Crippen MR) is 99.5 cm³/mol. The molecule has 0 amide bonds. The molecule has 130 valence electrons. The first kappa shape index (κ1) is 18.4. The molecule has 0 radical (unpaired) electrons. The molecule has 5 nitrogen and oxygen atoms in total. The SMILES string of the molecule is OB(O)OB(O)OC(c1ccccc1)(c1ccccc1)c1ccccc1. The molecule has 3 N–H and O–H groups in total. The Morgan fingerprint density at radius 2 is 0.923 bits per heavy atom. The molecule has 26 heavy (non-hydrogen) atoms. The lowest BCUT2D eigenvalue weighted by molar-refractivity contribution is 0.0745. The van der Waals surface area contributed by atoms with E-state index in [0.717, 1.165) is 16.7 Å². The zero-order chi connectivity index (χ0) is 18.4. The Kier molecular flexibility index (Phi) is 5.88. The van der Waals surface area contributed by atoms with Crippen LogP contribution in [0.2, 0.25) is 0 Å². The number of rotatable bonds is 7. The first-order valence-electron chi connectivity index (χ1n) is 8.17. The molecule has 0 heterocycles. The normalized spacial score (nSPS) is 11.2. The summed E-state index contributed by atoms with van der Waals surface area (Å²) in [6.07, 6.45) is 0. The van der Waals surface area contributed by atoms with E-state index in [-0.39, 0.29) is 0 Å². The molecule has 3 rings (SSSR count). The molecule has 0 spiro atoms. The molecule has 0 saturated heterocycles. The second-order valence-electron chi connectivity index (χ2n) is 5.67. The Bertz CT molecular complexity index is 703. The van der Waals surface area contributed by atoms with E-state index in [4.69, 9.17) is 14.7 Å². The van der Waals surface area contributed by atoms with Gasteiger partial charge in [-0.25, -0.2) is 0 Å². The van der Waals surface area contributed by atoms with E-state index in [1.165, 1.54) is 0 Å². The second kappa shape index (κ2) is 8.31. The fraction of sp³-hybridized carbons (Fsp3) is 0.0526. The smallest absolute Gasteiger partial charge is 0.402 e. The zero-order valence-corrected chi connectivity index (χ0v) is 14.0. The van der Waals surface area contributed by atoms with Gasteiger partial charge in [-0.05, 0) is 16.7 Å². The molecule has 3 aromatic carbocycles. The van der Waals surface area contributed by atoms with E-state index in [0.29, 0.717) is 0 Å². The molecule has 7 heteroatoms. The quantitative estimate of drug-likeness (QED) is 0.449. The van der Waals surface area contributed by atoms with Gasteiger partial charge in [-0.2, -0.15) is 0 Å². The van der Waals surface area contributed by atoms with Crippen LogP contribution in [-0.4, -0.2) is 29.7 Å². The standard InChI is InChI=1S/C19H18B2O5/c22-20(23)26-21(24)25-19(16-10-4-1-5-11-16,17-12-6-2-7-13-17)18-14-8-3-9-15-18/h1-15,22-24H. The molecule has 0 aliphatic carbocycles. The van der Waals surface area contributed by atoms with Crippen LogP contribution in [0.5, 0.6) is 0 Å². The molecule has 0 aliphatic rings. The summed E-state index contributed by atoms with van der Waals surface area (Å²) in [7, 11) is -4.03. The minimum atomic E-state index is -2.16. The third-order valence-electron chi connectivity index (χ3n) is 4.06. The van der Waals surface area contributed by atoms with E-state index in [2.05, 4.69) is 4.57 Å². The lowest BCUT2D eigenvalue weighted by Crippen LogP contribution is -2.42. The van der Waals surface area contributed by atoms with Crippen LogP contribution in [0.3, 0.4) is 0 Å². The van der Waals surface area contributed by atoms with Crippen molar-refractivity contribution in [2.24, 2.45) is 0 Å². The van der Waals surface area contributed by atoms with Gasteiger partial charge in [0.15, 0.2) is 0 Å². The van der Waals surface area contributed by atoms with E-state index < -0.39 is 20.2 Å². The van der Waals surface area contributed by atoms with Crippen LogP contribution in [0.15, 0.2) is 91.0 Å². The van der Waals surface area contributed by atoms with Crippen LogP contribution in [0, 0.1) is 0 Å². The molecule has 0 unspecified atom stereocenters. The van der Waals surface area contributed by atoms with E-state index in [1.807, 2.05) is 91.0 Å². The van der Waals surface area contributed by atoms with Crippen LogP contribution in [-0.2, 0) is 14.8 Å². The molecular weight excluding hydrogens is 330 g/mol. The average molecular weight is 348 g/mol. The van der Waals surface area contributed by atoms with Gasteiger partial charge in [0.1, 0.15) is 5.60 Å². The first-order chi connectivity index (χ1) is 12.6. The number of hydrogen-bond donors (Lipinski definition) is 3. The van der Waals surface area contributed by atoms with Crippen molar-refractivity contribution >= 4 is 14.6 Å². The summed E-state index contributed by atoms with van der Waals surface area (Å²) in [5.41, 5.74) is 1.06. The van der Waals surface area contributed by atoms with Crippen molar-refractivity contribution in [3.05, 3.63) is 108 Å². The van der Waals surface area contributed by atoms with Crippen molar-refractivity contribution in [3.8, 4) is 0 Å². The Hall–Kier alpha value is -2.41. The molecule has 0 saturated carbocycles. The second-order valence-corrected chi connectivity index (χ2v) is 5.67. The highest BCUT2D eigenvalue weighted by molar-refractivity contribution is 6.49. The molecule has 3 aromatic rings. The van der Waals surface area contributed by atoms with Gasteiger partial charge in [0.2, 0.25) is 0 Å². The molecule has 0 atom stereocenters. The highest BCUT2D eigenvalue weighted by Crippen LogP contribution is 2.40. The van der Waals surface area contributed by atoms with Gasteiger partial charge in [-0.15, -0.1) is 0 Å². The van der Waals surface area contributed by atoms with Gasteiger partial charge in [-0.3, -0.25) is 0 Å². The molecule has 0 aliphatic heterocycles. The first-order valence-corrected chi connectivity index (χ1v) is 8.17. The summed E-state index contributed by atoms with van der Waals surface area (Å²) in [6, 6.07) is 28.1. The highest BCUT2D eigenvalue weighted by Gasteiger charge is 2.42. The lowest BCUT2D eigenvalue weighted by Gasteiger charge is -2.36. The van der Waals surface area contributed by atoms with Crippen LogP contribution in [0.4, 0.5) is 0 Å². The Balaban J connectivity index is 2.21. The highest BCUT2D eigenvalue weighted by atomic mass is 16.7. The van der Waals surface area contributed by atoms with Gasteiger partial charge < -0.3 is 24.3 Å². The van der Waals surface area contributed by atoms with E-state index in [9.17, 15) is 5.02 Å². The zero-order valence-electron chi connectivity index (χ0n) is 14.0. The number of hydrogen-bond acceptors (Lipinski definition) is 5. The van der Waals surface area contributed by atoms with Gasteiger partial charge in [-0.1, -0.05) is 91.0 Å². The third-order valence-corrected chi connectivity index (χ3v) is 4.06. The molecule has 0 bridgehead atoms. The maximum Gasteiger partial charge on any atom is 0.625 e. The average Bonchev–Trinajstić information content (AvgIpc) is 2.67. The Morgan fingerprint density at radius 3 is 1.23 bits per heavy atom. The lowest BCUT2D eigenvalue weighted by atomic mass is 9.79. The Morgan fingerprint density at radius 1 is 0.577 bits per heavy atom. The third kappa shape index (κ3) is 3.88. The molecular formula is C19H18B2O5. The number of benzene rings is 3. The maximum atomic E-state index is 10.2. The van der Waals surface area contributed by atoms with Crippen molar-refractivity contribution in [2.75, 3.05) is 0 Å². The van der Waals surface area contributed by atoms with Crippen LogP contribution in [0.1, 0.15) is 16.7 Å². The molecule has 0 aromatic heterocycles. The van der Waals surface area contributed by atoms with E-state index >= 15 is 0 Å². The van der Waals surface area contributed by atoms with Gasteiger partial charge in [0.05, 0.1) is 0 Å². The van der Waals surface area contributed by atoms with Crippen molar-refractivity contribution in [1.82, 2.24) is 0 Å². The Labute approximate surface area is 152 Å². The minimum Gasteiger partial charge on any atom is -0.402 e. The van der Waals surface area contributed by atoms with Gasteiger partial charge in [0.25, 0.3) is 0 Å². The van der Waals surface area contributed by atoms with Crippen LogP contribution < -0.4 is 0 Å². The van der Waals surface area contributed by atoms with E-state index in [1.54, 1.807) is 0 Å². The van der Waals surface area contributed by atoms with Gasteiger partial charge in [0, 0.05) is 0 Å². The largest absolute Gasteiger partial charge is 0.625 e. The summed E-state index contributed by atoms with van der Waals surface area (Å²) >= 11 is 0. The van der Waals surface area contributed by atoms with Crippen molar-refractivity contribution in [3.63, 3.8) is 0 Å². The molecule has 0 fully saturated rings. The fourth-order valence-electron chi connectivity index (χ4n) is 3.01. The van der Waals surface area contributed by atoms with Gasteiger partial charge >= 0.3 is 14.6 Å².